The number of aromatic hydroxyl groups is 2. The normalized spacial score (nSPS) is 31.0. The van der Waals surface area contributed by atoms with Crippen LogP contribution in [0.15, 0.2) is 51.5 Å². The van der Waals surface area contributed by atoms with Crippen LogP contribution in [-0.2, 0) is 20.7 Å². The number of carbonyl (C=O) groups is 2. The Morgan fingerprint density at radius 2 is 1.88 bits per heavy atom. The zero-order valence-corrected chi connectivity index (χ0v) is 25.4. The number of nitrogens with zero attached hydrogens (tertiary/aromatic N) is 2. The molecule has 0 unspecified atom stereocenters. The Morgan fingerprint density at radius 1 is 1.14 bits per heavy atom. The molecule has 2 aliphatic rings. The monoisotopic (exact) mass is 577 g/mol. The third kappa shape index (κ3) is 8.56. The van der Waals surface area contributed by atoms with Crippen LogP contribution in [-0.4, -0.2) is 47.6 Å². The minimum Gasteiger partial charge on any atom is -0.506 e. The van der Waals surface area contributed by atoms with Crippen LogP contribution < -0.4 is 16.4 Å². The molecule has 9 heteroatoms. The van der Waals surface area contributed by atoms with Crippen molar-refractivity contribution < 1.29 is 29.3 Å². The molecule has 0 aromatic heterocycles. The molecule has 6 atom stereocenters. The maximum atomic E-state index is 13.0. The molecule has 0 saturated heterocycles. The van der Waals surface area contributed by atoms with Crippen LogP contribution in [0, 0.1) is 35.5 Å². The SMILES string of the molecule is C/C1=C\C=C/[C@H](C)[C@@H](OC(N)=O)/C(C)=C/[C@H](C)[C@H]2OCC#CCCN=c3c(O)cc(c(O)c3C[C@@H](C)C[C@@H]2C)=NC1=O. The molecule has 0 fully saturated rings. The third-order valence-electron chi connectivity index (χ3n) is 7.73. The van der Waals surface area contributed by atoms with Crippen molar-refractivity contribution in [3.05, 3.63) is 57.8 Å². The number of fused-ring (bicyclic) bond motifs is 5. The fraction of sp³-hybridized carbons (Fsp3) is 0.515. The molecule has 3 rings (SSSR count). The van der Waals surface area contributed by atoms with E-state index in [1.54, 1.807) is 19.1 Å². The summed E-state index contributed by atoms with van der Waals surface area (Å²) in [5.74, 6) is 5.08. The summed E-state index contributed by atoms with van der Waals surface area (Å²) in [6.07, 6.45) is 7.08. The molecule has 0 aliphatic carbocycles. The van der Waals surface area contributed by atoms with Gasteiger partial charge in [0.05, 0.1) is 12.6 Å². The zero-order valence-electron chi connectivity index (χ0n) is 25.4. The summed E-state index contributed by atoms with van der Waals surface area (Å²) in [7, 11) is 0. The molecule has 9 nitrogen and oxygen atoms in total. The van der Waals surface area contributed by atoms with Crippen molar-refractivity contribution in [3.8, 4) is 23.3 Å². The largest absolute Gasteiger partial charge is 0.506 e. The second kappa shape index (κ2) is 14.8. The lowest BCUT2D eigenvalue weighted by molar-refractivity contribution is -0.114. The van der Waals surface area contributed by atoms with Gasteiger partial charge in [-0.1, -0.05) is 63.8 Å². The molecule has 1 aromatic carbocycles. The van der Waals surface area contributed by atoms with Crippen LogP contribution in [0.5, 0.6) is 11.5 Å². The molecule has 226 valence electrons. The van der Waals surface area contributed by atoms with Gasteiger partial charge in [-0.15, -0.1) is 0 Å². The summed E-state index contributed by atoms with van der Waals surface area (Å²) in [5, 5.41) is 22.5. The van der Waals surface area contributed by atoms with Crippen LogP contribution in [0.25, 0.3) is 0 Å². The van der Waals surface area contributed by atoms with Gasteiger partial charge in [0, 0.05) is 35.5 Å². The zero-order chi connectivity index (χ0) is 31.0. The van der Waals surface area contributed by atoms with Crippen LogP contribution in [0.3, 0.4) is 0 Å². The summed E-state index contributed by atoms with van der Waals surface area (Å²) in [4.78, 5) is 33.5. The van der Waals surface area contributed by atoms with E-state index in [4.69, 9.17) is 15.2 Å². The summed E-state index contributed by atoms with van der Waals surface area (Å²) in [6.45, 7) is 12.3. The van der Waals surface area contributed by atoms with E-state index in [-0.39, 0.29) is 53.2 Å². The topological polar surface area (TPSA) is 144 Å². The van der Waals surface area contributed by atoms with Gasteiger partial charge in [-0.25, -0.2) is 9.79 Å². The van der Waals surface area contributed by atoms with Crippen molar-refractivity contribution in [1.82, 2.24) is 0 Å². The minimum absolute atomic E-state index is 0.0137. The second-order valence-electron chi connectivity index (χ2n) is 11.5. The Morgan fingerprint density at radius 3 is 2.60 bits per heavy atom. The number of nitrogens with two attached hydrogens (primary N) is 1. The van der Waals surface area contributed by atoms with Gasteiger partial charge in [-0.3, -0.25) is 9.79 Å². The van der Waals surface area contributed by atoms with Crippen molar-refractivity contribution in [2.24, 2.45) is 39.4 Å². The van der Waals surface area contributed by atoms with Gasteiger partial charge in [0.1, 0.15) is 34.9 Å². The number of rotatable bonds is 1. The predicted octanol–water partition coefficient (Wildman–Crippen LogP) is 4.06. The first-order valence-corrected chi connectivity index (χ1v) is 14.5. The van der Waals surface area contributed by atoms with Crippen molar-refractivity contribution >= 4 is 12.0 Å². The first-order valence-electron chi connectivity index (χ1n) is 14.5. The highest BCUT2D eigenvalue weighted by Gasteiger charge is 2.28. The van der Waals surface area contributed by atoms with Crippen LogP contribution in [0.1, 0.15) is 59.9 Å². The standard InChI is InChI=1S/C33H43N3O6/c1-19-15-22(4)30-23(5)17-24(6)31(42-33(34)40)20(2)11-10-12-21(3)32(39)36-26-18-27(37)28(25(16-19)29(26)38)35-13-8-7-9-14-41-30/h10-12,17-20,22-23,30-31,37-38H,8,13-16H2,1-6H3,(H2,34,40)/b11-10-,21-12+,24-17+,35-28?,36-26?/t19-,20-,22-,23-,30-,31+/m0/s1. The van der Waals surface area contributed by atoms with Crippen molar-refractivity contribution in [3.63, 3.8) is 0 Å². The quantitative estimate of drug-likeness (QED) is 0.261. The number of carbonyl (C=O) groups excluding carboxylic acids is 2. The highest BCUT2D eigenvalue weighted by atomic mass is 16.6. The fourth-order valence-electron chi connectivity index (χ4n) is 5.77. The number of phenolic OH excluding ortho intramolecular Hbond substituents is 2. The van der Waals surface area contributed by atoms with E-state index in [2.05, 4.69) is 48.7 Å². The number of ether oxygens (including phenoxy) is 2. The second-order valence-corrected chi connectivity index (χ2v) is 11.5. The van der Waals surface area contributed by atoms with Gasteiger partial charge in [-0.2, -0.15) is 0 Å². The first-order chi connectivity index (χ1) is 19.9. The molecule has 42 heavy (non-hydrogen) atoms. The lowest BCUT2D eigenvalue weighted by Gasteiger charge is -2.31. The first kappa shape index (κ1) is 32.6. The molecule has 4 N–H and O–H groups in total. The van der Waals surface area contributed by atoms with Crippen LogP contribution >= 0.6 is 0 Å². The summed E-state index contributed by atoms with van der Waals surface area (Å²) in [5.41, 5.74) is 7.03. The molecule has 1 aromatic rings. The Kier molecular flexibility index (Phi) is 11.5. The van der Waals surface area contributed by atoms with Gasteiger partial charge in [0.25, 0.3) is 5.91 Å². The number of primary amides is 1. The summed E-state index contributed by atoms with van der Waals surface area (Å²) >= 11 is 0. The number of benzene rings is 1. The van der Waals surface area contributed by atoms with E-state index in [0.717, 1.165) is 12.0 Å². The highest BCUT2D eigenvalue weighted by molar-refractivity contribution is 5.94. The smallest absolute Gasteiger partial charge is 0.405 e. The Balaban J connectivity index is 2.26. The number of allylic oxidation sites excluding steroid dienone is 2. The summed E-state index contributed by atoms with van der Waals surface area (Å²) < 4.78 is 11.9. The van der Waals surface area contributed by atoms with E-state index >= 15 is 0 Å². The van der Waals surface area contributed by atoms with Gasteiger partial charge < -0.3 is 25.4 Å². The molecule has 2 aliphatic heterocycles. The lowest BCUT2D eigenvalue weighted by Crippen LogP contribution is -2.32. The minimum atomic E-state index is -0.873. The van der Waals surface area contributed by atoms with Crippen LogP contribution in [0.2, 0.25) is 0 Å². The maximum Gasteiger partial charge on any atom is 0.405 e. The molecular formula is C33H43N3O6. The average Bonchev–Trinajstić information content (AvgIpc) is 2.91. The van der Waals surface area contributed by atoms with Crippen molar-refractivity contribution in [2.75, 3.05) is 13.2 Å². The molecular weight excluding hydrogens is 534 g/mol. The fourth-order valence-corrected chi connectivity index (χ4v) is 5.77. The van der Waals surface area contributed by atoms with Gasteiger partial charge in [0.15, 0.2) is 0 Å². The molecule has 0 spiro atoms. The number of hydrogen-bond donors (Lipinski definition) is 3. The van der Waals surface area contributed by atoms with E-state index in [1.165, 1.54) is 6.07 Å². The van der Waals surface area contributed by atoms with Gasteiger partial charge in [-0.05, 0) is 44.1 Å². The molecule has 0 saturated carbocycles. The van der Waals surface area contributed by atoms with Gasteiger partial charge in [0.2, 0.25) is 0 Å². The Hall–Kier alpha value is -3.90. The highest BCUT2D eigenvalue weighted by Crippen LogP contribution is 2.29. The molecule has 3 bridgehead atoms. The molecule has 2 heterocycles. The van der Waals surface area contributed by atoms with Crippen molar-refractivity contribution in [2.45, 2.75) is 73.0 Å². The lowest BCUT2D eigenvalue weighted by atomic mass is 9.83. The predicted molar refractivity (Wildman–Crippen MR) is 160 cm³/mol. The van der Waals surface area contributed by atoms with Crippen molar-refractivity contribution in [1.29, 1.82) is 0 Å². The Labute approximate surface area is 247 Å². The average molecular weight is 578 g/mol. The van der Waals surface area contributed by atoms with E-state index in [1.807, 2.05) is 19.9 Å². The summed E-state index contributed by atoms with van der Waals surface area (Å²) in [6, 6.07) is 1.27. The number of amides is 2. The maximum absolute atomic E-state index is 13.0. The van der Waals surface area contributed by atoms with Crippen LogP contribution in [0.4, 0.5) is 4.79 Å². The van der Waals surface area contributed by atoms with E-state index in [0.29, 0.717) is 35.9 Å². The molecule has 2 amide bonds. The van der Waals surface area contributed by atoms with E-state index < -0.39 is 18.1 Å². The number of phenols is 2. The third-order valence-corrected chi connectivity index (χ3v) is 7.73. The van der Waals surface area contributed by atoms with Gasteiger partial charge >= 0.3 is 6.09 Å². The Bertz CT molecular complexity index is 1450. The van der Waals surface area contributed by atoms with E-state index in [9.17, 15) is 19.8 Å². The molecule has 0 radical (unpaired) electrons. The number of hydrogen-bond acceptors (Lipinski definition) is 7.